The third-order valence-electron chi connectivity index (χ3n) is 1.80. The Balaban J connectivity index is 2.87. The Kier molecular flexibility index (Phi) is 3.54. The summed E-state index contributed by atoms with van der Waals surface area (Å²) in [6.07, 6.45) is 1.32. The van der Waals surface area contributed by atoms with E-state index < -0.39 is 10.7 Å². The fraction of sp³-hybridized carbons (Fsp3) is 0.300. The number of thiol groups is 1. The number of pyridine rings is 1. The van der Waals surface area contributed by atoms with Crippen LogP contribution in [0.2, 0.25) is 0 Å². The predicted molar refractivity (Wildman–Crippen MR) is 62.9 cm³/mol. The highest BCUT2D eigenvalue weighted by Crippen LogP contribution is 2.15. The van der Waals surface area contributed by atoms with Crippen molar-refractivity contribution in [2.45, 2.75) is 18.6 Å². The van der Waals surface area contributed by atoms with E-state index in [0.29, 0.717) is 0 Å². The second kappa shape index (κ2) is 4.52. The highest BCUT2D eigenvalue weighted by Gasteiger charge is 2.22. The number of rotatable bonds is 3. The van der Waals surface area contributed by atoms with E-state index in [9.17, 15) is 9.59 Å². The van der Waals surface area contributed by atoms with E-state index in [4.69, 9.17) is 5.11 Å². The van der Waals surface area contributed by atoms with E-state index in [-0.39, 0.29) is 17.3 Å². The average Bonchev–Trinajstić information content (AvgIpc) is 2.16. The summed E-state index contributed by atoms with van der Waals surface area (Å²) in [6.45, 7) is 3.26. The standard InChI is InChI=1S/C10H12N2O3S/c1-10(2,16)9(15)12-7-5-6(8(13)14)3-4-11-7/h3-5,16H,1-2H3,(H,13,14)(H,11,12,15). The van der Waals surface area contributed by atoms with Crippen LogP contribution in [-0.2, 0) is 4.79 Å². The van der Waals surface area contributed by atoms with Crippen LogP contribution < -0.4 is 5.32 Å². The maximum absolute atomic E-state index is 11.5. The molecule has 1 aromatic heterocycles. The van der Waals surface area contributed by atoms with Gasteiger partial charge in [-0.15, -0.1) is 0 Å². The Morgan fingerprint density at radius 2 is 2.12 bits per heavy atom. The quantitative estimate of drug-likeness (QED) is 0.698. The number of nitrogens with one attached hydrogen (secondary N) is 1. The molecule has 0 aliphatic rings. The summed E-state index contributed by atoms with van der Waals surface area (Å²) in [5, 5.41) is 11.2. The summed E-state index contributed by atoms with van der Waals surface area (Å²) in [7, 11) is 0. The SMILES string of the molecule is CC(C)(S)C(=O)Nc1cc(C(=O)O)ccn1. The van der Waals surface area contributed by atoms with Crippen molar-refractivity contribution in [3.8, 4) is 0 Å². The number of hydrogen-bond donors (Lipinski definition) is 3. The molecule has 0 aromatic carbocycles. The molecule has 1 heterocycles. The zero-order chi connectivity index (χ0) is 12.3. The maximum atomic E-state index is 11.5. The average molecular weight is 240 g/mol. The van der Waals surface area contributed by atoms with Crippen molar-refractivity contribution < 1.29 is 14.7 Å². The van der Waals surface area contributed by atoms with Crippen LogP contribution in [0.15, 0.2) is 18.3 Å². The Morgan fingerprint density at radius 1 is 1.50 bits per heavy atom. The lowest BCUT2D eigenvalue weighted by molar-refractivity contribution is -0.117. The molecule has 0 aliphatic carbocycles. The zero-order valence-electron chi connectivity index (χ0n) is 8.89. The molecule has 1 rings (SSSR count). The first-order valence-corrected chi connectivity index (χ1v) is 4.98. The molecule has 16 heavy (non-hydrogen) atoms. The summed E-state index contributed by atoms with van der Waals surface area (Å²) in [6, 6.07) is 2.64. The van der Waals surface area contributed by atoms with Crippen LogP contribution >= 0.6 is 12.6 Å². The van der Waals surface area contributed by atoms with Crippen molar-refractivity contribution in [3.63, 3.8) is 0 Å². The molecule has 1 aromatic rings. The first-order valence-electron chi connectivity index (χ1n) is 4.54. The normalized spacial score (nSPS) is 10.9. The molecule has 0 atom stereocenters. The predicted octanol–water partition coefficient (Wildman–Crippen LogP) is 1.43. The van der Waals surface area contributed by atoms with Crippen molar-refractivity contribution >= 4 is 30.3 Å². The van der Waals surface area contributed by atoms with Gasteiger partial charge in [0.1, 0.15) is 5.82 Å². The number of anilines is 1. The second-order valence-electron chi connectivity index (χ2n) is 3.75. The molecule has 0 aliphatic heterocycles. The molecule has 6 heteroatoms. The highest BCUT2D eigenvalue weighted by molar-refractivity contribution is 7.82. The summed E-state index contributed by atoms with van der Waals surface area (Å²) >= 11 is 4.09. The minimum Gasteiger partial charge on any atom is -0.478 e. The number of nitrogens with zero attached hydrogens (tertiary/aromatic N) is 1. The number of amides is 1. The van der Waals surface area contributed by atoms with E-state index in [1.165, 1.54) is 18.3 Å². The van der Waals surface area contributed by atoms with Crippen LogP contribution in [0.5, 0.6) is 0 Å². The van der Waals surface area contributed by atoms with Crippen molar-refractivity contribution in [1.82, 2.24) is 4.98 Å². The fourth-order valence-corrected chi connectivity index (χ4v) is 0.957. The van der Waals surface area contributed by atoms with Crippen LogP contribution in [-0.4, -0.2) is 26.7 Å². The first kappa shape index (κ1) is 12.5. The topological polar surface area (TPSA) is 79.3 Å². The first-order chi connectivity index (χ1) is 7.30. The Bertz CT molecular complexity index is 426. The molecule has 86 valence electrons. The largest absolute Gasteiger partial charge is 0.478 e. The number of carbonyl (C=O) groups excluding carboxylic acids is 1. The molecule has 0 fully saturated rings. The number of aromatic carboxylic acids is 1. The molecule has 2 N–H and O–H groups in total. The molecule has 5 nitrogen and oxygen atoms in total. The summed E-state index contributed by atoms with van der Waals surface area (Å²) in [5.74, 6) is -1.21. The van der Waals surface area contributed by atoms with E-state index in [1.54, 1.807) is 13.8 Å². The Hall–Kier alpha value is -1.56. The zero-order valence-corrected chi connectivity index (χ0v) is 9.78. The van der Waals surface area contributed by atoms with Gasteiger partial charge in [0.05, 0.1) is 10.3 Å². The van der Waals surface area contributed by atoms with Crippen molar-refractivity contribution in [1.29, 1.82) is 0 Å². The van der Waals surface area contributed by atoms with Gasteiger partial charge in [-0.25, -0.2) is 9.78 Å². The molecule has 0 saturated carbocycles. The molecular weight excluding hydrogens is 228 g/mol. The van der Waals surface area contributed by atoms with Gasteiger partial charge < -0.3 is 10.4 Å². The smallest absolute Gasteiger partial charge is 0.335 e. The minimum absolute atomic E-state index is 0.0715. The van der Waals surface area contributed by atoms with Crippen LogP contribution in [0.4, 0.5) is 5.82 Å². The maximum Gasteiger partial charge on any atom is 0.335 e. The lowest BCUT2D eigenvalue weighted by atomic mass is 10.2. The van der Waals surface area contributed by atoms with Gasteiger partial charge in [-0.05, 0) is 26.0 Å². The van der Waals surface area contributed by atoms with Crippen molar-refractivity contribution in [3.05, 3.63) is 23.9 Å². The third-order valence-corrected chi connectivity index (χ3v) is 2.01. The number of aromatic nitrogens is 1. The summed E-state index contributed by atoms with van der Waals surface area (Å²) in [4.78, 5) is 26.1. The molecule has 0 unspecified atom stereocenters. The van der Waals surface area contributed by atoms with Crippen molar-refractivity contribution in [2.24, 2.45) is 0 Å². The van der Waals surface area contributed by atoms with Gasteiger partial charge in [0, 0.05) is 6.20 Å². The molecule has 0 bridgehead atoms. The van der Waals surface area contributed by atoms with Crippen LogP contribution in [0.25, 0.3) is 0 Å². The van der Waals surface area contributed by atoms with E-state index in [1.807, 2.05) is 0 Å². The summed E-state index contributed by atoms with van der Waals surface area (Å²) < 4.78 is -0.846. The van der Waals surface area contributed by atoms with E-state index in [0.717, 1.165) is 0 Å². The lowest BCUT2D eigenvalue weighted by Crippen LogP contribution is -2.32. The van der Waals surface area contributed by atoms with Crippen LogP contribution in [0.1, 0.15) is 24.2 Å². The number of carboxylic acids is 1. The number of hydrogen-bond acceptors (Lipinski definition) is 4. The Morgan fingerprint density at radius 3 is 2.62 bits per heavy atom. The molecule has 1 amide bonds. The molecule has 0 saturated heterocycles. The molecular formula is C10H12N2O3S. The number of carboxylic acid groups (broad SMARTS) is 1. The van der Waals surface area contributed by atoms with Gasteiger partial charge in [0.2, 0.25) is 5.91 Å². The number of carbonyl (C=O) groups is 2. The van der Waals surface area contributed by atoms with Crippen molar-refractivity contribution in [2.75, 3.05) is 5.32 Å². The van der Waals surface area contributed by atoms with Gasteiger partial charge in [0.15, 0.2) is 0 Å². The lowest BCUT2D eigenvalue weighted by Gasteiger charge is -2.16. The third kappa shape index (κ3) is 3.23. The van der Waals surface area contributed by atoms with E-state index >= 15 is 0 Å². The molecule has 0 radical (unpaired) electrons. The Labute approximate surface area is 98.3 Å². The van der Waals surface area contributed by atoms with Gasteiger partial charge in [0.25, 0.3) is 0 Å². The highest BCUT2D eigenvalue weighted by atomic mass is 32.1. The summed E-state index contributed by atoms with van der Waals surface area (Å²) in [5.41, 5.74) is 0.0715. The fourth-order valence-electron chi connectivity index (χ4n) is 0.901. The van der Waals surface area contributed by atoms with Gasteiger partial charge in [-0.2, -0.15) is 12.6 Å². The second-order valence-corrected chi connectivity index (χ2v) is 4.87. The monoisotopic (exact) mass is 240 g/mol. The van der Waals surface area contributed by atoms with Crippen LogP contribution in [0.3, 0.4) is 0 Å². The van der Waals surface area contributed by atoms with E-state index in [2.05, 4.69) is 22.9 Å². The van der Waals surface area contributed by atoms with Gasteiger partial charge >= 0.3 is 5.97 Å². The minimum atomic E-state index is -1.07. The van der Waals surface area contributed by atoms with Gasteiger partial charge in [-0.1, -0.05) is 0 Å². The molecule has 0 spiro atoms. The van der Waals surface area contributed by atoms with Crippen LogP contribution in [0, 0.1) is 0 Å². The van der Waals surface area contributed by atoms with Gasteiger partial charge in [-0.3, -0.25) is 4.79 Å².